The summed E-state index contributed by atoms with van der Waals surface area (Å²) in [5.74, 6) is 0.352. The third-order valence-corrected chi connectivity index (χ3v) is 6.82. The number of H-pyrrole nitrogens is 1. The lowest BCUT2D eigenvalue weighted by Gasteiger charge is -2.42. The van der Waals surface area contributed by atoms with E-state index in [0.717, 1.165) is 24.8 Å². The zero-order valence-corrected chi connectivity index (χ0v) is 17.6. The lowest BCUT2D eigenvalue weighted by Crippen LogP contribution is -2.46. The largest absolute Gasteiger partial charge is 0.356 e. The first-order valence-corrected chi connectivity index (χ1v) is 11.1. The minimum atomic E-state index is -0.315. The molecule has 7 heteroatoms. The molecule has 1 fully saturated rings. The van der Waals surface area contributed by atoms with Gasteiger partial charge in [0.25, 0.3) is 5.56 Å². The highest BCUT2D eigenvalue weighted by atomic mass is 35.5. The third kappa shape index (κ3) is 3.43. The van der Waals surface area contributed by atoms with Crippen LogP contribution >= 0.6 is 11.6 Å². The molecule has 5 rings (SSSR count). The number of halogens is 1. The van der Waals surface area contributed by atoms with Crippen molar-refractivity contribution in [2.75, 3.05) is 6.54 Å². The van der Waals surface area contributed by atoms with Gasteiger partial charge in [-0.15, -0.1) is 0 Å². The van der Waals surface area contributed by atoms with E-state index in [1.807, 2.05) is 11.0 Å². The normalized spacial score (nSPS) is 19.8. The van der Waals surface area contributed by atoms with Crippen LogP contribution in [0.2, 0.25) is 5.15 Å². The molecule has 1 amide bonds. The molecule has 0 saturated heterocycles. The van der Waals surface area contributed by atoms with Gasteiger partial charge in [0, 0.05) is 29.2 Å². The van der Waals surface area contributed by atoms with Gasteiger partial charge in [0.15, 0.2) is 0 Å². The highest BCUT2D eigenvalue weighted by molar-refractivity contribution is 6.29. The molecule has 3 heterocycles. The Kier molecular flexibility index (Phi) is 5.11. The van der Waals surface area contributed by atoms with Crippen molar-refractivity contribution < 1.29 is 4.79 Å². The van der Waals surface area contributed by atoms with Crippen molar-refractivity contribution in [3.05, 3.63) is 63.2 Å². The molecule has 1 aromatic carbocycles. The molecular weight excluding hydrogens is 400 g/mol. The van der Waals surface area contributed by atoms with Crippen molar-refractivity contribution in [3.8, 4) is 0 Å². The lowest BCUT2D eigenvalue weighted by molar-refractivity contribution is -0.136. The zero-order chi connectivity index (χ0) is 20.7. The van der Waals surface area contributed by atoms with Crippen molar-refractivity contribution in [2.45, 2.75) is 51.1 Å². The molecule has 0 radical (unpaired) electrons. The minimum Gasteiger partial charge on any atom is -0.356 e. The number of nitrogens with zero attached hydrogens (tertiary/aromatic N) is 3. The molecule has 6 nitrogen and oxygen atoms in total. The number of rotatable bonds is 3. The van der Waals surface area contributed by atoms with Gasteiger partial charge < -0.3 is 9.88 Å². The number of benzene rings is 1. The van der Waals surface area contributed by atoms with E-state index in [2.05, 4.69) is 28.3 Å². The molecule has 1 atom stereocenters. The Morgan fingerprint density at radius 1 is 1.13 bits per heavy atom. The van der Waals surface area contributed by atoms with Crippen LogP contribution in [-0.2, 0) is 17.8 Å². The Labute approximate surface area is 179 Å². The molecule has 1 unspecified atom stereocenters. The molecular formula is C23H25ClN4O2. The van der Waals surface area contributed by atoms with E-state index < -0.39 is 0 Å². The van der Waals surface area contributed by atoms with Gasteiger partial charge in [0.2, 0.25) is 5.91 Å². The molecule has 3 aromatic rings. The van der Waals surface area contributed by atoms with Crippen LogP contribution in [0.4, 0.5) is 0 Å². The fourth-order valence-corrected chi connectivity index (χ4v) is 5.40. The van der Waals surface area contributed by atoms with Crippen molar-refractivity contribution in [2.24, 2.45) is 5.92 Å². The Bertz CT molecular complexity index is 1150. The summed E-state index contributed by atoms with van der Waals surface area (Å²) < 4.78 is 1.17. The third-order valence-electron chi connectivity index (χ3n) is 6.62. The van der Waals surface area contributed by atoms with Crippen LogP contribution in [0, 0.1) is 5.92 Å². The summed E-state index contributed by atoms with van der Waals surface area (Å²) in [6, 6.07) is 11.2. The first-order chi connectivity index (χ1) is 14.6. The number of fused-ring (bicyclic) bond motifs is 3. The van der Waals surface area contributed by atoms with Gasteiger partial charge in [-0.2, -0.15) is 5.10 Å². The zero-order valence-electron chi connectivity index (χ0n) is 16.8. The molecule has 2 aliphatic rings. The Morgan fingerprint density at radius 2 is 1.93 bits per heavy atom. The minimum absolute atomic E-state index is 0.0174. The van der Waals surface area contributed by atoms with Gasteiger partial charge in [0.1, 0.15) is 11.7 Å². The molecule has 1 aliphatic carbocycles. The lowest BCUT2D eigenvalue weighted by atomic mass is 9.79. The van der Waals surface area contributed by atoms with Crippen LogP contribution in [0.25, 0.3) is 10.9 Å². The van der Waals surface area contributed by atoms with Crippen LogP contribution in [-0.4, -0.2) is 32.1 Å². The van der Waals surface area contributed by atoms with E-state index in [1.165, 1.54) is 52.7 Å². The van der Waals surface area contributed by atoms with Crippen molar-refractivity contribution in [1.29, 1.82) is 0 Å². The summed E-state index contributed by atoms with van der Waals surface area (Å²) in [6.45, 7) is 0.572. The number of hydrogen-bond acceptors (Lipinski definition) is 3. The number of hydrogen-bond donors (Lipinski definition) is 1. The highest BCUT2D eigenvalue weighted by Crippen LogP contribution is 2.43. The van der Waals surface area contributed by atoms with Crippen LogP contribution in [0.3, 0.4) is 0 Å². The van der Waals surface area contributed by atoms with Crippen molar-refractivity contribution in [1.82, 2.24) is 19.7 Å². The average Bonchev–Trinajstić information content (AvgIpc) is 3.15. The Hall–Kier alpha value is -2.60. The fourth-order valence-electron chi connectivity index (χ4n) is 5.25. The first-order valence-electron chi connectivity index (χ1n) is 10.7. The topological polar surface area (TPSA) is 71.0 Å². The molecule has 1 saturated carbocycles. The highest BCUT2D eigenvalue weighted by Gasteiger charge is 2.38. The predicted octanol–water partition coefficient (Wildman–Crippen LogP) is 4.08. The van der Waals surface area contributed by atoms with Crippen LogP contribution in [0.1, 0.15) is 49.4 Å². The maximum atomic E-state index is 13.4. The number of amides is 1. The number of carbonyl (C=O) groups is 1. The van der Waals surface area contributed by atoms with Gasteiger partial charge in [-0.05, 0) is 42.9 Å². The van der Waals surface area contributed by atoms with Crippen LogP contribution < -0.4 is 5.56 Å². The van der Waals surface area contributed by atoms with E-state index in [-0.39, 0.29) is 29.2 Å². The standard InChI is InChI=1S/C23H25ClN4O2/c24-19-10-11-20(29)28(26-19)14-21(30)27-13-12-17-16-8-4-5-9-18(16)25-22(17)23(27)15-6-2-1-3-7-15/h4-5,8-11,15,23,25H,1-3,6-7,12-14H2. The van der Waals surface area contributed by atoms with Gasteiger partial charge >= 0.3 is 0 Å². The van der Waals surface area contributed by atoms with E-state index in [4.69, 9.17) is 11.6 Å². The maximum Gasteiger partial charge on any atom is 0.267 e. The van der Waals surface area contributed by atoms with Gasteiger partial charge in [-0.3, -0.25) is 9.59 Å². The number of para-hydroxylation sites is 1. The predicted molar refractivity (Wildman–Crippen MR) is 117 cm³/mol. The van der Waals surface area contributed by atoms with Crippen molar-refractivity contribution >= 4 is 28.4 Å². The smallest absolute Gasteiger partial charge is 0.267 e. The summed E-state index contributed by atoms with van der Waals surface area (Å²) in [5.41, 5.74) is 3.33. The second-order valence-corrected chi connectivity index (χ2v) is 8.78. The summed E-state index contributed by atoms with van der Waals surface area (Å²) in [4.78, 5) is 31.1. The molecule has 0 bridgehead atoms. The fraction of sp³-hybridized carbons (Fsp3) is 0.435. The molecule has 2 aromatic heterocycles. The first kappa shape index (κ1) is 19.4. The number of nitrogens with one attached hydrogen (secondary N) is 1. The SMILES string of the molecule is O=C(Cn1nc(Cl)ccc1=O)N1CCc2c([nH]c3ccccc23)C1C1CCCCC1. The second-order valence-electron chi connectivity index (χ2n) is 8.39. The number of carbonyl (C=O) groups excluding carboxylic acids is 1. The monoisotopic (exact) mass is 424 g/mol. The van der Waals surface area contributed by atoms with E-state index in [9.17, 15) is 9.59 Å². The van der Waals surface area contributed by atoms with Gasteiger partial charge in [0.05, 0.1) is 6.04 Å². The maximum absolute atomic E-state index is 13.4. The van der Waals surface area contributed by atoms with E-state index in [1.54, 1.807) is 0 Å². The van der Waals surface area contributed by atoms with Crippen LogP contribution in [0.5, 0.6) is 0 Å². The Balaban J connectivity index is 1.52. The summed E-state index contributed by atoms with van der Waals surface area (Å²) >= 11 is 5.95. The molecule has 1 aliphatic heterocycles. The molecule has 1 N–H and O–H groups in total. The summed E-state index contributed by atoms with van der Waals surface area (Å²) in [6.07, 6.45) is 6.73. The number of aromatic nitrogens is 3. The molecule has 156 valence electrons. The Morgan fingerprint density at radius 3 is 2.77 bits per heavy atom. The van der Waals surface area contributed by atoms with Crippen LogP contribution in [0.15, 0.2) is 41.2 Å². The molecule has 30 heavy (non-hydrogen) atoms. The van der Waals surface area contributed by atoms with E-state index >= 15 is 0 Å². The summed E-state index contributed by atoms with van der Waals surface area (Å²) in [5, 5.41) is 5.51. The van der Waals surface area contributed by atoms with Gasteiger partial charge in [-0.25, -0.2) is 4.68 Å². The second kappa shape index (κ2) is 7.91. The number of aromatic amines is 1. The summed E-state index contributed by atoms with van der Waals surface area (Å²) in [7, 11) is 0. The average molecular weight is 425 g/mol. The quantitative estimate of drug-likeness (QED) is 0.688. The molecule has 0 spiro atoms. The van der Waals surface area contributed by atoms with Crippen molar-refractivity contribution in [3.63, 3.8) is 0 Å². The van der Waals surface area contributed by atoms with Gasteiger partial charge in [-0.1, -0.05) is 49.1 Å². The van der Waals surface area contributed by atoms with E-state index in [0.29, 0.717) is 12.5 Å².